The van der Waals surface area contributed by atoms with E-state index in [9.17, 15) is 0 Å². The minimum atomic E-state index is -0.322. The Morgan fingerprint density at radius 2 is 0.940 bits per heavy atom. The maximum Gasteiger partial charge on any atom is 0.494 e. The fourth-order valence-electron chi connectivity index (χ4n) is 5.60. The third kappa shape index (κ3) is 12.3. The molecular formula is C37H59B2IN2O8. The molecule has 0 radical (unpaired) electrons. The highest BCUT2D eigenvalue weighted by molar-refractivity contribution is 14.1. The van der Waals surface area contributed by atoms with Crippen molar-refractivity contribution in [3.8, 4) is 11.5 Å². The third-order valence-electron chi connectivity index (χ3n) is 10.2. The van der Waals surface area contributed by atoms with Crippen LogP contribution < -0.4 is 14.9 Å². The number of rotatable bonds is 9. The molecule has 10 nitrogen and oxygen atoms in total. The van der Waals surface area contributed by atoms with E-state index in [-0.39, 0.29) is 36.6 Å². The van der Waals surface area contributed by atoms with E-state index in [0.29, 0.717) is 6.61 Å². The second kappa shape index (κ2) is 18.6. The average Bonchev–Trinajstić information content (AvgIpc) is 3.41. The second-order valence-electron chi connectivity index (χ2n) is 15.0. The topological polar surface area (TPSA) is 80.3 Å². The molecule has 4 fully saturated rings. The molecular weight excluding hydrogens is 749 g/mol. The van der Waals surface area contributed by atoms with Crippen molar-refractivity contribution in [1.82, 2.24) is 9.80 Å². The molecule has 4 saturated heterocycles. The van der Waals surface area contributed by atoms with Gasteiger partial charge in [0.05, 0.1) is 48.8 Å². The van der Waals surface area contributed by atoms with Crippen LogP contribution in [0.25, 0.3) is 0 Å². The maximum atomic E-state index is 6.07. The summed E-state index contributed by atoms with van der Waals surface area (Å²) in [6, 6.07) is 16.2. The summed E-state index contributed by atoms with van der Waals surface area (Å²) in [5.74, 6) is 1.83. The summed E-state index contributed by atoms with van der Waals surface area (Å²) in [6.45, 7) is 29.1. The van der Waals surface area contributed by atoms with Crippen LogP contribution in [0.1, 0.15) is 55.4 Å². The summed E-state index contributed by atoms with van der Waals surface area (Å²) in [6.07, 6.45) is 0. The van der Waals surface area contributed by atoms with Gasteiger partial charge >= 0.3 is 14.2 Å². The Bertz CT molecular complexity index is 1260. The molecule has 2 aromatic rings. The third-order valence-corrected chi connectivity index (χ3v) is 10.9. The predicted molar refractivity (Wildman–Crippen MR) is 209 cm³/mol. The van der Waals surface area contributed by atoms with Gasteiger partial charge in [-0.25, -0.2) is 0 Å². The van der Waals surface area contributed by atoms with E-state index in [0.717, 1.165) is 89.3 Å². The van der Waals surface area contributed by atoms with Gasteiger partial charge in [-0.2, -0.15) is 0 Å². The molecule has 4 aliphatic rings. The van der Waals surface area contributed by atoms with Gasteiger partial charge in [0.25, 0.3) is 0 Å². The molecule has 4 aliphatic heterocycles. The standard InChI is InChI=1S/C18H28BNO4.C12H16INO2.C7H15BO2/c1-17(2)18(3,4)24-19(23-17)15-5-7-16(8-6-15)22-14-11-20-9-12-21-13-10-20;13-11-1-3-12(4-2-11)16-10-7-14-5-8-15-9-6-14;1-6(2)7(3,4)10-8(5)9-6/h5-8H,9-14H2,1-4H3;1-4H,5-10H2;1-5H3. The summed E-state index contributed by atoms with van der Waals surface area (Å²) in [7, 11) is -0.387. The SMILES string of the molecule is CB1OC(C)(C)C(C)(C)O1.CC1(C)OB(c2ccc(OCCN3CCOCC3)cc2)OC1(C)C.Ic1ccc(OCCN2CCOCC2)cc1. The Balaban J connectivity index is 0.000000185. The normalized spacial score (nSPS) is 22.6. The molecule has 6 rings (SSSR count). The van der Waals surface area contributed by atoms with Gasteiger partial charge in [0.1, 0.15) is 24.7 Å². The quantitative estimate of drug-likeness (QED) is 0.243. The molecule has 50 heavy (non-hydrogen) atoms. The molecule has 0 aliphatic carbocycles. The first-order valence-electron chi connectivity index (χ1n) is 18.0. The lowest BCUT2D eigenvalue weighted by Gasteiger charge is -2.32. The van der Waals surface area contributed by atoms with Crippen LogP contribution in [0, 0.1) is 3.57 Å². The molecule has 0 aromatic heterocycles. The van der Waals surface area contributed by atoms with Crippen molar-refractivity contribution >= 4 is 42.3 Å². The maximum absolute atomic E-state index is 6.07. The van der Waals surface area contributed by atoms with Crippen molar-refractivity contribution in [3.05, 3.63) is 52.1 Å². The molecule has 0 atom stereocenters. The van der Waals surface area contributed by atoms with Crippen LogP contribution in [-0.2, 0) is 28.1 Å². The first-order valence-corrected chi connectivity index (χ1v) is 19.1. The number of halogens is 1. The Labute approximate surface area is 315 Å². The predicted octanol–water partition coefficient (Wildman–Crippen LogP) is 5.41. The molecule has 0 N–H and O–H groups in total. The van der Waals surface area contributed by atoms with Crippen LogP contribution in [-0.4, -0.2) is 125 Å². The molecule has 278 valence electrons. The lowest BCUT2D eigenvalue weighted by atomic mass is 9.79. The van der Waals surface area contributed by atoms with Crippen molar-refractivity contribution in [2.45, 2.75) is 84.6 Å². The summed E-state index contributed by atoms with van der Waals surface area (Å²) < 4.78 is 46.6. The van der Waals surface area contributed by atoms with E-state index in [1.54, 1.807) is 0 Å². The second-order valence-corrected chi connectivity index (χ2v) is 16.3. The number of nitrogens with zero attached hydrogens (tertiary/aromatic N) is 2. The molecule has 4 heterocycles. The lowest BCUT2D eigenvalue weighted by Crippen LogP contribution is -2.41. The number of benzene rings is 2. The average molecular weight is 808 g/mol. The molecule has 13 heteroatoms. The Kier molecular flexibility index (Phi) is 15.3. The zero-order chi connectivity index (χ0) is 36.4. The van der Waals surface area contributed by atoms with Crippen LogP contribution in [0.4, 0.5) is 0 Å². The number of morpholine rings is 2. The summed E-state index contributed by atoms with van der Waals surface area (Å²) in [4.78, 5) is 4.73. The molecule has 2 aromatic carbocycles. The van der Waals surface area contributed by atoms with Crippen molar-refractivity contribution in [2.75, 3.05) is 78.9 Å². The fraction of sp³-hybridized carbons (Fsp3) is 0.676. The van der Waals surface area contributed by atoms with Gasteiger partial charge in [-0.05, 0) is 127 Å². The largest absolute Gasteiger partial charge is 0.494 e. The van der Waals surface area contributed by atoms with Crippen molar-refractivity contribution in [1.29, 1.82) is 0 Å². The lowest BCUT2D eigenvalue weighted by molar-refractivity contribution is 0.00578. The fourth-order valence-corrected chi connectivity index (χ4v) is 5.96. The molecule has 0 bridgehead atoms. The molecule has 0 unspecified atom stereocenters. The van der Waals surface area contributed by atoms with Crippen LogP contribution in [0.15, 0.2) is 48.5 Å². The van der Waals surface area contributed by atoms with E-state index in [2.05, 4.69) is 99.9 Å². The zero-order valence-corrected chi connectivity index (χ0v) is 34.0. The van der Waals surface area contributed by atoms with Gasteiger partial charge in [0.15, 0.2) is 0 Å². The summed E-state index contributed by atoms with van der Waals surface area (Å²) in [5.41, 5.74) is 0.0728. The Morgan fingerprint density at radius 3 is 1.30 bits per heavy atom. The Morgan fingerprint density at radius 1 is 0.580 bits per heavy atom. The monoisotopic (exact) mass is 808 g/mol. The van der Waals surface area contributed by atoms with Gasteiger partial charge in [0.2, 0.25) is 0 Å². The van der Waals surface area contributed by atoms with Crippen molar-refractivity contribution in [2.24, 2.45) is 0 Å². The van der Waals surface area contributed by atoms with E-state index in [1.165, 1.54) is 3.57 Å². The van der Waals surface area contributed by atoms with E-state index < -0.39 is 0 Å². The molecule has 0 amide bonds. The minimum absolute atomic E-state index is 0.0648. The van der Waals surface area contributed by atoms with Gasteiger partial charge in [-0.15, -0.1) is 0 Å². The molecule has 0 spiro atoms. The van der Waals surface area contributed by atoms with Gasteiger partial charge in [0, 0.05) is 42.8 Å². The van der Waals surface area contributed by atoms with Crippen LogP contribution >= 0.6 is 22.6 Å². The number of hydrogen-bond acceptors (Lipinski definition) is 10. The highest BCUT2D eigenvalue weighted by atomic mass is 127. The van der Waals surface area contributed by atoms with Crippen molar-refractivity contribution in [3.63, 3.8) is 0 Å². The van der Waals surface area contributed by atoms with E-state index in [1.807, 2.05) is 43.2 Å². The minimum Gasteiger partial charge on any atom is -0.492 e. The van der Waals surface area contributed by atoms with Gasteiger partial charge < -0.3 is 37.6 Å². The highest BCUT2D eigenvalue weighted by Gasteiger charge is 2.51. The number of hydrogen-bond donors (Lipinski definition) is 0. The van der Waals surface area contributed by atoms with E-state index >= 15 is 0 Å². The number of ether oxygens (including phenoxy) is 4. The first-order chi connectivity index (χ1) is 23.6. The van der Waals surface area contributed by atoms with Crippen LogP contribution in [0.5, 0.6) is 11.5 Å². The zero-order valence-electron chi connectivity index (χ0n) is 31.8. The highest BCUT2D eigenvalue weighted by Crippen LogP contribution is 2.37. The summed E-state index contributed by atoms with van der Waals surface area (Å²) >= 11 is 2.29. The Hall–Kier alpha value is -1.42. The van der Waals surface area contributed by atoms with Gasteiger partial charge in [-0.3, -0.25) is 9.80 Å². The smallest absolute Gasteiger partial charge is 0.492 e. The summed E-state index contributed by atoms with van der Waals surface area (Å²) in [5, 5.41) is 0. The van der Waals surface area contributed by atoms with E-state index in [4.69, 9.17) is 37.6 Å². The molecule has 0 saturated carbocycles. The van der Waals surface area contributed by atoms with Gasteiger partial charge in [-0.1, -0.05) is 12.1 Å². The van der Waals surface area contributed by atoms with Crippen molar-refractivity contribution < 1.29 is 37.6 Å². The van der Waals surface area contributed by atoms with Crippen LogP contribution in [0.3, 0.4) is 0 Å². The first kappa shape index (κ1) is 41.3. The van der Waals surface area contributed by atoms with Crippen LogP contribution in [0.2, 0.25) is 6.82 Å².